The van der Waals surface area contributed by atoms with E-state index in [9.17, 15) is 18.0 Å². The third-order valence-electron chi connectivity index (χ3n) is 3.66. The molecule has 1 aromatic heterocycles. The summed E-state index contributed by atoms with van der Waals surface area (Å²) in [6.07, 6.45) is 0. The lowest BCUT2D eigenvalue weighted by molar-refractivity contribution is 0.102. The van der Waals surface area contributed by atoms with E-state index in [1.807, 2.05) is 0 Å². The number of carbonyl (C=O) groups excluding carboxylic acids is 1. The molecule has 27 heavy (non-hydrogen) atoms. The number of halogens is 1. The number of benzene rings is 2. The topological polar surface area (TPSA) is 124 Å². The number of aromatic amines is 2. The Morgan fingerprint density at radius 2 is 1.78 bits per heavy atom. The Kier molecular flexibility index (Phi) is 5.09. The number of hydrogen-bond donors (Lipinski definition) is 4. The number of amides is 1. The molecule has 0 fully saturated rings. The minimum absolute atomic E-state index is 0.0194. The highest BCUT2D eigenvalue weighted by Gasteiger charge is 2.19. The van der Waals surface area contributed by atoms with Crippen molar-refractivity contribution in [2.45, 2.75) is 24.8 Å². The molecule has 8 nitrogen and oxygen atoms in total. The highest BCUT2D eigenvalue weighted by Crippen LogP contribution is 2.23. The number of H-pyrrole nitrogens is 2. The molecule has 4 N–H and O–H groups in total. The fourth-order valence-corrected chi connectivity index (χ4v) is 4.01. The zero-order chi connectivity index (χ0) is 19.8. The molecule has 0 radical (unpaired) electrons. The van der Waals surface area contributed by atoms with Gasteiger partial charge in [-0.05, 0) is 50.2 Å². The largest absolute Gasteiger partial charge is 0.323 e. The molecule has 0 aliphatic carbocycles. The molecule has 0 atom stereocenters. The quantitative estimate of drug-likeness (QED) is 0.517. The Balaban J connectivity index is 1.91. The van der Waals surface area contributed by atoms with Gasteiger partial charge in [-0.3, -0.25) is 4.79 Å². The summed E-state index contributed by atoms with van der Waals surface area (Å²) in [6.45, 7) is 3.39. The van der Waals surface area contributed by atoms with Crippen LogP contribution in [0, 0.1) is 0 Å². The number of fused-ring (bicyclic) bond motifs is 1. The molecule has 1 heterocycles. The first kappa shape index (κ1) is 19.2. The van der Waals surface area contributed by atoms with Crippen molar-refractivity contribution in [2.75, 3.05) is 5.32 Å². The van der Waals surface area contributed by atoms with E-state index >= 15 is 0 Å². The molecule has 2 aromatic carbocycles. The average molecular weight is 409 g/mol. The Labute approximate surface area is 160 Å². The van der Waals surface area contributed by atoms with E-state index < -0.39 is 15.9 Å². The van der Waals surface area contributed by atoms with E-state index in [-0.39, 0.29) is 27.2 Å². The maximum absolute atomic E-state index is 12.6. The van der Waals surface area contributed by atoms with E-state index in [1.54, 1.807) is 32.0 Å². The van der Waals surface area contributed by atoms with Crippen molar-refractivity contribution in [3.05, 3.63) is 57.5 Å². The molecule has 0 aliphatic rings. The van der Waals surface area contributed by atoms with Gasteiger partial charge < -0.3 is 15.3 Å². The number of aromatic nitrogens is 2. The fourth-order valence-electron chi connectivity index (χ4n) is 2.53. The van der Waals surface area contributed by atoms with Gasteiger partial charge in [-0.2, -0.15) is 0 Å². The van der Waals surface area contributed by atoms with Crippen LogP contribution in [0.25, 0.3) is 11.0 Å². The monoisotopic (exact) mass is 408 g/mol. The summed E-state index contributed by atoms with van der Waals surface area (Å²) >= 11 is 6.08. The van der Waals surface area contributed by atoms with Crippen LogP contribution in [0.1, 0.15) is 24.2 Å². The summed E-state index contributed by atoms with van der Waals surface area (Å²) in [5.74, 6) is -0.571. The van der Waals surface area contributed by atoms with Gasteiger partial charge in [0.15, 0.2) is 0 Å². The van der Waals surface area contributed by atoms with E-state index in [0.29, 0.717) is 16.7 Å². The van der Waals surface area contributed by atoms with E-state index in [0.717, 1.165) is 0 Å². The molecule has 1 amide bonds. The smallest absolute Gasteiger partial charge is 0.322 e. The Morgan fingerprint density at radius 1 is 1.07 bits per heavy atom. The van der Waals surface area contributed by atoms with Gasteiger partial charge in [0.1, 0.15) is 0 Å². The standard InChI is InChI=1S/C17H17ClN4O4S/c1-9(2)22-27(25,26)11-4-5-13(18)12(8-11)16(23)19-10-3-6-14-15(7-10)21-17(24)20-14/h3-9,22H,1-2H3,(H,19,23)(H2,20,21,24). The normalized spacial score (nSPS) is 11.9. The number of carbonyl (C=O) groups is 1. The van der Waals surface area contributed by atoms with Gasteiger partial charge in [-0.1, -0.05) is 11.6 Å². The second-order valence-electron chi connectivity index (χ2n) is 6.21. The second-order valence-corrected chi connectivity index (χ2v) is 8.33. The van der Waals surface area contributed by atoms with Crippen molar-refractivity contribution in [1.29, 1.82) is 0 Å². The molecule has 0 spiro atoms. The molecule has 3 rings (SSSR count). The first-order valence-corrected chi connectivity index (χ1v) is 9.87. The van der Waals surface area contributed by atoms with E-state index in [2.05, 4.69) is 20.0 Å². The van der Waals surface area contributed by atoms with Crippen molar-refractivity contribution < 1.29 is 13.2 Å². The predicted octanol–water partition coefficient (Wildman–Crippen LogP) is 2.45. The summed E-state index contributed by atoms with van der Waals surface area (Å²) in [5.41, 5.74) is 1.22. The SMILES string of the molecule is CC(C)NS(=O)(=O)c1ccc(Cl)c(C(=O)Nc2ccc3[nH]c(=O)[nH]c3c2)c1. The van der Waals surface area contributed by atoms with Crippen LogP contribution < -0.4 is 15.7 Å². The first-order chi connectivity index (χ1) is 12.7. The van der Waals surface area contributed by atoms with Crippen LogP contribution in [0.5, 0.6) is 0 Å². The lowest BCUT2D eigenvalue weighted by atomic mass is 10.2. The first-order valence-electron chi connectivity index (χ1n) is 8.01. The molecular formula is C17H17ClN4O4S. The van der Waals surface area contributed by atoms with Gasteiger partial charge in [0, 0.05) is 11.7 Å². The summed E-state index contributed by atoms with van der Waals surface area (Å²) < 4.78 is 27.1. The molecule has 0 aliphatic heterocycles. The number of nitrogens with one attached hydrogen (secondary N) is 4. The molecule has 0 bridgehead atoms. The van der Waals surface area contributed by atoms with Gasteiger partial charge in [0.2, 0.25) is 10.0 Å². The van der Waals surface area contributed by atoms with Crippen LogP contribution >= 0.6 is 11.6 Å². The summed E-state index contributed by atoms with van der Waals surface area (Å²) in [7, 11) is -3.76. The third-order valence-corrected chi connectivity index (χ3v) is 5.64. The molecule has 142 valence electrons. The molecular weight excluding hydrogens is 392 g/mol. The number of anilines is 1. The molecule has 10 heteroatoms. The summed E-state index contributed by atoms with van der Waals surface area (Å²) in [4.78, 5) is 29.0. The van der Waals surface area contributed by atoms with Crippen molar-refractivity contribution in [3.63, 3.8) is 0 Å². The van der Waals surface area contributed by atoms with Crippen LogP contribution in [0.4, 0.5) is 5.69 Å². The maximum atomic E-state index is 12.6. The summed E-state index contributed by atoms with van der Waals surface area (Å²) in [5, 5.41) is 2.76. The van der Waals surface area contributed by atoms with Crippen LogP contribution in [0.2, 0.25) is 5.02 Å². The number of sulfonamides is 1. The second kappa shape index (κ2) is 7.18. The van der Waals surface area contributed by atoms with Crippen LogP contribution in [-0.4, -0.2) is 30.3 Å². The van der Waals surface area contributed by atoms with E-state index in [4.69, 9.17) is 11.6 Å². The zero-order valence-electron chi connectivity index (χ0n) is 14.5. The van der Waals surface area contributed by atoms with Gasteiger partial charge in [-0.15, -0.1) is 0 Å². The molecule has 3 aromatic rings. The number of rotatable bonds is 5. The van der Waals surface area contributed by atoms with E-state index in [1.165, 1.54) is 18.2 Å². The van der Waals surface area contributed by atoms with Crippen molar-refractivity contribution in [1.82, 2.24) is 14.7 Å². The summed E-state index contributed by atoms with van der Waals surface area (Å²) in [6, 6.07) is 8.45. The van der Waals surface area contributed by atoms with Crippen molar-refractivity contribution >= 4 is 44.3 Å². The minimum Gasteiger partial charge on any atom is -0.322 e. The maximum Gasteiger partial charge on any atom is 0.323 e. The number of hydrogen-bond acceptors (Lipinski definition) is 4. The average Bonchev–Trinajstić information content (AvgIpc) is 2.93. The van der Waals surface area contributed by atoms with Gasteiger partial charge >= 0.3 is 5.69 Å². The molecule has 0 saturated heterocycles. The van der Waals surface area contributed by atoms with Crippen LogP contribution in [0.15, 0.2) is 46.1 Å². The zero-order valence-corrected chi connectivity index (χ0v) is 16.0. The highest BCUT2D eigenvalue weighted by molar-refractivity contribution is 7.89. The number of imidazole rings is 1. The molecule has 0 unspecified atom stereocenters. The third kappa shape index (κ3) is 4.21. The van der Waals surface area contributed by atoms with Crippen molar-refractivity contribution in [3.8, 4) is 0 Å². The lowest BCUT2D eigenvalue weighted by Crippen LogP contribution is -2.30. The Hall–Kier alpha value is -2.62. The van der Waals surface area contributed by atoms with Crippen LogP contribution in [-0.2, 0) is 10.0 Å². The Bertz CT molecular complexity index is 1180. The Morgan fingerprint density at radius 3 is 2.48 bits per heavy atom. The highest BCUT2D eigenvalue weighted by atomic mass is 35.5. The van der Waals surface area contributed by atoms with Crippen molar-refractivity contribution in [2.24, 2.45) is 0 Å². The van der Waals surface area contributed by atoms with Crippen LogP contribution in [0.3, 0.4) is 0 Å². The lowest BCUT2D eigenvalue weighted by Gasteiger charge is -2.12. The molecule has 0 saturated carbocycles. The van der Waals surface area contributed by atoms with Gasteiger partial charge in [-0.25, -0.2) is 17.9 Å². The fraction of sp³-hybridized carbons (Fsp3) is 0.176. The van der Waals surface area contributed by atoms with Gasteiger partial charge in [0.05, 0.1) is 26.5 Å². The van der Waals surface area contributed by atoms with Gasteiger partial charge in [0.25, 0.3) is 5.91 Å². The minimum atomic E-state index is -3.76. The predicted molar refractivity (Wildman–Crippen MR) is 104 cm³/mol.